The van der Waals surface area contributed by atoms with Crippen molar-refractivity contribution in [2.45, 2.75) is 17.9 Å². The Balaban J connectivity index is 2.04. The van der Waals surface area contributed by atoms with Gasteiger partial charge in [-0.05, 0) is 36.8 Å². The molecular weight excluding hydrogens is 330 g/mol. The Morgan fingerprint density at radius 3 is 2.71 bits per heavy atom. The number of rotatable bonds is 4. The largest absolute Gasteiger partial charge is 0.419 e. The molecule has 0 saturated heterocycles. The predicted octanol–water partition coefficient (Wildman–Crippen LogP) is 1.91. The summed E-state index contributed by atoms with van der Waals surface area (Å²) in [5.41, 5.74) is 1.58. The van der Waals surface area contributed by atoms with Crippen molar-refractivity contribution in [1.82, 2.24) is 13.9 Å². The number of aryl methyl sites for hydroxylation is 1. The van der Waals surface area contributed by atoms with Crippen LogP contribution in [0.2, 0.25) is 0 Å². The Hall–Kier alpha value is -2.45. The highest BCUT2D eigenvalue weighted by Crippen LogP contribution is 2.27. The molecule has 7 nitrogen and oxygen atoms in total. The number of hydrogen-bond donors (Lipinski definition) is 0. The first kappa shape index (κ1) is 16.4. The molecule has 0 amide bonds. The van der Waals surface area contributed by atoms with E-state index in [1.54, 1.807) is 25.4 Å². The molecule has 24 heavy (non-hydrogen) atoms. The van der Waals surface area contributed by atoms with Gasteiger partial charge in [0.25, 0.3) is 0 Å². The second-order valence-corrected chi connectivity index (χ2v) is 7.54. The highest BCUT2D eigenvalue weighted by molar-refractivity contribution is 7.89. The van der Waals surface area contributed by atoms with Gasteiger partial charge < -0.3 is 4.42 Å². The van der Waals surface area contributed by atoms with E-state index in [4.69, 9.17) is 4.42 Å². The first-order valence-corrected chi connectivity index (χ1v) is 8.74. The molecule has 0 N–H and O–H groups in total. The first-order valence-electron chi connectivity index (χ1n) is 7.30. The minimum absolute atomic E-state index is 0.102. The number of fused-ring (bicyclic) bond motifs is 1. The second kappa shape index (κ2) is 5.88. The van der Waals surface area contributed by atoms with Gasteiger partial charge in [0.15, 0.2) is 5.58 Å². The average Bonchev–Trinajstić information content (AvgIpc) is 2.88. The summed E-state index contributed by atoms with van der Waals surface area (Å²) in [7, 11) is -0.683. The van der Waals surface area contributed by atoms with Gasteiger partial charge in [-0.25, -0.2) is 13.2 Å². The van der Waals surface area contributed by atoms with E-state index in [1.807, 2.05) is 6.07 Å². The van der Waals surface area contributed by atoms with Gasteiger partial charge in [-0.15, -0.1) is 0 Å². The van der Waals surface area contributed by atoms with Gasteiger partial charge in [0.1, 0.15) is 0 Å². The van der Waals surface area contributed by atoms with E-state index in [2.05, 4.69) is 4.98 Å². The highest BCUT2D eigenvalue weighted by Gasteiger charge is 2.27. The topological polar surface area (TPSA) is 85.4 Å². The van der Waals surface area contributed by atoms with Crippen LogP contribution in [0, 0.1) is 0 Å². The van der Waals surface area contributed by atoms with E-state index in [1.165, 1.54) is 41.2 Å². The molecule has 0 fully saturated rings. The third-order valence-corrected chi connectivity index (χ3v) is 6.08. The molecule has 8 heteroatoms. The fourth-order valence-electron chi connectivity index (χ4n) is 2.47. The van der Waals surface area contributed by atoms with Gasteiger partial charge in [0.2, 0.25) is 10.0 Å². The number of hydrogen-bond acceptors (Lipinski definition) is 5. The molecule has 1 atom stereocenters. The average molecular weight is 347 g/mol. The van der Waals surface area contributed by atoms with Crippen LogP contribution >= 0.6 is 0 Å². The van der Waals surface area contributed by atoms with Gasteiger partial charge in [-0.3, -0.25) is 9.55 Å². The number of sulfonamides is 1. The third kappa shape index (κ3) is 2.63. The molecule has 1 unspecified atom stereocenters. The monoisotopic (exact) mass is 347 g/mol. The standard InChI is InChI=1S/C16H17N3O4S/c1-11(12-5-4-8-17-10-12)19(3)24(21,22)13-6-7-15-14(9-13)18(2)16(20)23-15/h4-11H,1-3H3. The Labute approximate surface area is 139 Å². The summed E-state index contributed by atoms with van der Waals surface area (Å²) < 4.78 is 33.4. The van der Waals surface area contributed by atoms with Crippen molar-refractivity contribution >= 4 is 21.1 Å². The van der Waals surface area contributed by atoms with Crippen molar-refractivity contribution in [3.05, 3.63) is 58.8 Å². The van der Waals surface area contributed by atoms with Crippen molar-refractivity contribution in [2.24, 2.45) is 7.05 Å². The van der Waals surface area contributed by atoms with E-state index in [0.29, 0.717) is 11.1 Å². The zero-order valence-corrected chi connectivity index (χ0v) is 14.3. The summed E-state index contributed by atoms with van der Waals surface area (Å²) in [6, 6.07) is 7.58. The van der Waals surface area contributed by atoms with Crippen LogP contribution in [0.3, 0.4) is 0 Å². The highest BCUT2D eigenvalue weighted by atomic mass is 32.2. The van der Waals surface area contributed by atoms with Crippen LogP contribution in [0.15, 0.2) is 56.8 Å². The minimum atomic E-state index is -3.74. The fraction of sp³-hybridized carbons (Fsp3) is 0.250. The lowest BCUT2D eigenvalue weighted by Crippen LogP contribution is -2.29. The molecular formula is C16H17N3O4S. The van der Waals surface area contributed by atoms with Gasteiger partial charge >= 0.3 is 5.76 Å². The van der Waals surface area contributed by atoms with Crippen LogP contribution in [-0.2, 0) is 17.1 Å². The second-order valence-electron chi connectivity index (χ2n) is 5.54. The van der Waals surface area contributed by atoms with Crippen molar-refractivity contribution < 1.29 is 12.8 Å². The lowest BCUT2D eigenvalue weighted by molar-refractivity contribution is 0.398. The molecule has 0 aliphatic heterocycles. The summed E-state index contributed by atoms with van der Waals surface area (Å²) in [5, 5.41) is 0. The molecule has 0 saturated carbocycles. The maximum absolute atomic E-state index is 12.9. The van der Waals surface area contributed by atoms with E-state index < -0.39 is 15.8 Å². The zero-order valence-electron chi connectivity index (χ0n) is 13.5. The number of nitrogens with zero attached hydrogens (tertiary/aromatic N) is 3. The molecule has 0 aliphatic rings. The van der Waals surface area contributed by atoms with Crippen molar-refractivity contribution in [1.29, 1.82) is 0 Å². The van der Waals surface area contributed by atoms with E-state index in [9.17, 15) is 13.2 Å². The molecule has 0 spiro atoms. The summed E-state index contributed by atoms with van der Waals surface area (Å²) in [5.74, 6) is -0.531. The van der Waals surface area contributed by atoms with E-state index in [-0.39, 0.29) is 10.9 Å². The predicted molar refractivity (Wildman–Crippen MR) is 89.1 cm³/mol. The summed E-state index contributed by atoms with van der Waals surface area (Å²) >= 11 is 0. The third-order valence-electron chi connectivity index (χ3n) is 4.15. The van der Waals surface area contributed by atoms with Crippen LogP contribution in [0.5, 0.6) is 0 Å². The molecule has 3 rings (SSSR count). The van der Waals surface area contributed by atoms with Crippen molar-refractivity contribution in [3.63, 3.8) is 0 Å². The smallest absolute Gasteiger partial charge is 0.408 e. The first-order chi connectivity index (χ1) is 11.3. The summed E-state index contributed by atoms with van der Waals surface area (Å²) in [6.45, 7) is 1.79. The summed E-state index contributed by atoms with van der Waals surface area (Å²) in [4.78, 5) is 15.7. The van der Waals surface area contributed by atoms with E-state index in [0.717, 1.165) is 5.56 Å². The SMILES string of the molecule is CC(c1cccnc1)N(C)S(=O)(=O)c1ccc2oc(=O)n(C)c2c1. The van der Waals surface area contributed by atoms with Crippen LogP contribution in [-0.4, -0.2) is 29.3 Å². The molecule has 0 bridgehead atoms. The van der Waals surface area contributed by atoms with Crippen LogP contribution < -0.4 is 5.76 Å². The Bertz CT molecular complexity index is 1040. The lowest BCUT2D eigenvalue weighted by atomic mass is 10.1. The van der Waals surface area contributed by atoms with Gasteiger partial charge in [-0.2, -0.15) is 4.31 Å². The Morgan fingerprint density at radius 1 is 1.29 bits per heavy atom. The number of pyridine rings is 1. The molecule has 0 radical (unpaired) electrons. The van der Waals surface area contributed by atoms with Gasteiger partial charge in [0.05, 0.1) is 10.4 Å². The lowest BCUT2D eigenvalue weighted by Gasteiger charge is -2.24. The fourth-order valence-corrected chi connectivity index (χ4v) is 3.85. The molecule has 0 aliphatic carbocycles. The van der Waals surface area contributed by atoms with E-state index >= 15 is 0 Å². The molecule has 2 heterocycles. The maximum atomic E-state index is 12.9. The normalized spacial score (nSPS) is 13.5. The Kier molecular flexibility index (Phi) is 4.02. The van der Waals surface area contributed by atoms with Crippen molar-refractivity contribution in [2.75, 3.05) is 7.05 Å². The maximum Gasteiger partial charge on any atom is 0.419 e. The number of oxazole rings is 1. The molecule has 126 valence electrons. The van der Waals surface area contributed by atoms with Crippen LogP contribution in [0.4, 0.5) is 0 Å². The summed E-state index contributed by atoms with van der Waals surface area (Å²) in [6.07, 6.45) is 3.28. The molecule has 2 aromatic heterocycles. The molecule has 1 aromatic carbocycles. The zero-order chi connectivity index (χ0) is 17.5. The quantitative estimate of drug-likeness (QED) is 0.720. The van der Waals surface area contributed by atoms with Crippen LogP contribution in [0.1, 0.15) is 18.5 Å². The van der Waals surface area contributed by atoms with Crippen LogP contribution in [0.25, 0.3) is 11.1 Å². The molecule has 3 aromatic rings. The number of benzene rings is 1. The Morgan fingerprint density at radius 2 is 2.04 bits per heavy atom. The minimum Gasteiger partial charge on any atom is -0.408 e. The van der Waals surface area contributed by atoms with Gasteiger partial charge in [0, 0.05) is 32.5 Å². The number of aromatic nitrogens is 2. The van der Waals surface area contributed by atoms with Gasteiger partial charge in [-0.1, -0.05) is 6.07 Å². The van der Waals surface area contributed by atoms with Crippen molar-refractivity contribution in [3.8, 4) is 0 Å².